The molecular formula is C13H15ClN2O3S. The summed E-state index contributed by atoms with van der Waals surface area (Å²) >= 11 is 5.80. The quantitative estimate of drug-likeness (QED) is 0.794. The third-order valence-corrected chi connectivity index (χ3v) is 5.01. The van der Waals surface area contributed by atoms with Crippen LogP contribution in [0.25, 0.3) is 10.9 Å². The van der Waals surface area contributed by atoms with Crippen molar-refractivity contribution in [3.8, 4) is 0 Å². The summed E-state index contributed by atoms with van der Waals surface area (Å²) in [6, 6.07) is 8.16. The Morgan fingerprint density at radius 3 is 2.75 bits per heavy atom. The molecule has 1 aromatic heterocycles. The normalized spacial score (nSPS) is 12.2. The first-order valence-electron chi connectivity index (χ1n) is 5.97. The molecule has 20 heavy (non-hydrogen) atoms. The number of hydrogen-bond donors (Lipinski definition) is 0. The van der Waals surface area contributed by atoms with Crippen molar-refractivity contribution in [2.24, 2.45) is 0 Å². The van der Waals surface area contributed by atoms with Gasteiger partial charge in [-0.15, -0.1) is 0 Å². The van der Waals surface area contributed by atoms with Gasteiger partial charge in [-0.1, -0.05) is 11.6 Å². The maximum Gasteiger partial charge on any atom is 0.242 e. The van der Waals surface area contributed by atoms with Gasteiger partial charge in [-0.2, -0.15) is 4.31 Å². The zero-order valence-corrected chi connectivity index (χ0v) is 12.8. The Bertz CT molecular complexity index is 719. The third-order valence-electron chi connectivity index (χ3n) is 2.95. The number of pyridine rings is 1. The Kier molecular flexibility index (Phi) is 4.59. The van der Waals surface area contributed by atoms with Crippen LogP contribution in [0, 0.1) is 0 Å². The average molecular weight is 315 g/mol. The summed E-state index contributed by atoms with van der Waals surface area (Å²) in [4.78, 5) is 4.36. The van der Waals surface area contributed by atoms with E-state index in [0.29, 0.717) is 23.8 Å². The lowest BCUT2D eigenvalue weighted by Crippen LogP contribution is -2.30. The standard InChI is InChI=1S/C13H15ClN2O3S/c1-16(7-8-19-2)20(17,18)11-4-5-12-10(9-11)3-6-13(14)15-12/h3-6,9H,7-8H2,1-2H3. The summed E-state index contributed by atoms with van der Waals surface area (Å²) in [5.41, 5.74) is 0.663. The number of aromatic nitrogens is 1. The van der Waals surface area contributed by atoms with Crippen LogP contribution >= 0.6 is 11.6 Å². The van der Waals surface area contributed by atoms with Crippen LogP contribution in [0.3, 0.4) is 0 Å². The Morgan fingerprint density at radius 1 is 1.30 bits per heavy atom. The summed E-state index contributed by atoms with van der Waals surface area (Å²) in [7, 11) is -0.460. The molecule has 2 aromatic rings. The minimum absolute atomic E-state index is 0.229. The maximum atomic E-state index is 12.4. The summed E-state index contributed by atoms with van der Waals surface area (Å²) in [5, 5.41) is 1.11. The summed E-state index contributed by atoms with van der Waals surface area (Å²) in [5.74, 6) is 0. The van der Waals surface area contributed by atoms with Crippen molar-refractivity contribution < 1.29 is 13.2 Å². The van der Waals surface area contributed by atoms with Crippen molar-refractivity contribution in [2.45, 2.75) is 4.90 Å². The number of sulfonamides is 1. The smallest absolute Gasteiger partial charge is 0.242 e. The number of hydrogen-bond acceptors (Lipinski definition) is 4. The van der Waals surface area contributed by atoms with E-state index < -0.39 is 10.0 Å². The first kappa shape index (κ1) is 15.2. The number of fused-ring (bicyclic) bond motifs is 1. The number of rotatable bonds is 5. The predicted molar refractivity (Wildman–Crippen MR) is 78.4 cm³/mol. The number of halogens is 1. The van der Waals surface area contributed by atoms with Crippen LogP contribution in [0.4, 0.5) is 0 Å². The highest BCUT2D eigenvalue weighted by atomic mass is 35.5. The summed E-state index contributed by atoms with van der Waals surface area (Å²) < 4.78 is 30.9. The highest BCUT2D eigenvalue weighted by molar-refractivity contribution is 7.89. The molecule has 0 amide bonds. The van der Waals surface area contributed by atoms with E-state index >= 15 is 0 Å². The van der Waals surface area contributed by atoms with Gasteiger partial charge in [0, 0.05) is 26.1 Å². The molecule has 5 nitrogen and oxygen atoms in total. The highest BCUT2D eigenvalue weighted by Crippen LogP contribution is 2.21. The second-order valence-electron chi connectivity index (χ2n) is 4.31. The number of ether oxygens (including phenoxy) is 1. The Balaban J connectivity index is 2.39. The van der Waals surface area contributed by atoms with Gasteiger partial charge in [0.05, 0.1) is 17.0 Å². The number of likely N-dealkylation sites (N-methyl/N-ethyl adjacent to an activating group) is 1. The molecule has 0 N–H and O–H groups in total. The molecule has 1 aromatic carbocycles. The fourth-order valence-corrected chi connectivity index (χ4v) is 3.10. The SMILES string of the molecule is COCCN(C)S(=O)(=O)c1ccc2nc(Cl)ccc2c1. The van der Waals surface area contributed by atoms with Gasteiger partial charge in [0.2, 0.25) is 10.0 Å². The van der Waals surface area contributed by atoms with Crippen LogP contribution in [-0.2, 0) is 14.8 Å². The molecule has 0 atom stereocenters. The maximum absolute atomic E-state index is 12.4. The fraction of sp³-hybridized carbons (Fsp3) is 0.308. The van der Waals surface area contributed by atoms with E-state index in [9.17, 15) is 8.42 Å². The largest absolute Gasteiger partial charge is 0.383 e. The second-order valence-corrected chi connectivity index (χ2v) is 6.74. The van der Waals surface area contributed by atoms with Gasteiger partial charge >= 0.3 is 0 Å². The molecule has 0 fully saturated rings. The Morgan fingerprint density at radius 2 is 2.05 bits per heavy atom. The lowest BCUT2D eigenvalue weighted by Gasteiger charge is -2.16. The molecule has 2 rings (SSSR count). The monoisotopic (exact) mass is 314 g/mol. The third kappa shape index (κ3) is 3.09. The minimum Gasteiger partial charge on any atom is -0.383 e. The van der Waals surface area contributed by atoms with Crippen LogP contribution < -0.4 is 0 Å². The first-order chi connectivity index (χ1) is 9.45. The minimum atomic E-state index is -3.52. The van der Waals surface area contributed by atoms with Gasteiger partial charge in [-0.05, 0) is 30.3 Å². The average Bonchev–Trinajstić information content (AvgIpc) is 2.43. The van der Waals surface area contributed by atoms with Crippen LogP contribution in [0.1, 0.15) is 0 Å². The van der Waals surface area contributed by atoms with Gasteiger partial charge in [0.15, 0.2) is 0 Å². The van der Waals surface area contributed by atoms with E-state index in [1.165, 1.54) is 24.5 Å². The summed E-state index contributed by atoms with van der Waals surface area (Å²) in [6.07, 6.45) is 0. The number of methoxy groups -OCH3 is 1. The zero-order valence-electron chi connectivity index (χ0n) is 11.2. The van der Waals surface area contributed by atoms with Gasteiger partial charge < -0.3 is 4.74 Å². The molecule has 108 valence electrons. The molecule has 0 saturated heterocycles. The molecule has 1 heterocycles. The first-order valence-corrected chi connectivity index (χ1v) is 7.78. The van der Waals surface area contributed by atoms with Crippen molar-refractivity contribution >= 4 is 32.5 Å². The van der Waals surface area contributed by atoms with Crippen LogP contribution in [0.15, 0.2) is 35.2 Å². The van der Waals surface area contributed by atoms with E-state index in [0.717, 1.165) is 5.39 Å². The van der Waals surface area contributed by atoms with Crippen molar-refractivity contribution in [1.29, 1.82) is 0 Å². The molecule has 0 radical (unpaired) electrons. The van der Waals surface area contributed by atoms with E-state index in [4.69, 9.17) is 16.3 Å². The Hall–Kier alpha value is -1.21. The predicted octanol–water partition coefficient (Wildman–Crippen LogP) is 2.16. The molecule has 0 aliphatic heterocycles. The highest BCUT2D eigenvalue weighted by Gasteiger charge is 2.20. The number of nitrogens with zero attached hydrogens (tertiary/aromatic N) is 2. The van der Waals surface area contributed by atoms with Crippen molar-refractivity contribution in [3.63, 3.8) is 0 Å². The van der Waals surface area contributed by atoms with E-state index in [2.05, 4.69) is 4.98 Å². The molecule has 0 aliphatic rings. The number of benzene rings is 1. The van der Waals surface area contributed by atoms with Crippen LogP contribution in [-0.4, -0.2) is 45.0 Å². The molecule has 0 spiro atoms. The zero-order chi connectivity index (χ0) is 14.8. The van der Waals surface area contributed by atoms with E-state index in [1.54, 1.807) is 24.3 Å². The molecule has 0 aliphatic carbocycles. The molecule has 0 bridgehead atoms. The van der Waals surface area contributed by atoms with Crippen molar-refractivity contribution in [2.75, 3.05) is 27.3 Å². The topological polar surface area (TPSA) is 59.5 Å². The molecule has 0 unspecified atom stereocenters. The van der Waals surface area contributed by atoms with E-state index in [-0.39, 0.29) is 4.90 Å². The lowest BCUT2D eigenvalue weighted by molar-refractivity contribution is 0.185. The fourth-order valence-electron chi connectivity index (χ4n) is 1.76. The van der Waals surface area contributed by atoms with Crippen molar-refractivity contribution in [3.05, 3.63) is 35.5 Å². The van der Waals surface area contributed by atoms with Crippen LogP contribution in [0.5, 0.6) is 0 Å². The second kappa shape index (κ2) is 6.05. The molecule has 7 heteroatoms. The van der Waals surface area contributed by atoms with Gasteiger partial charge in [0.1, 0.15) is 5.15 Å². The van der Waals surface area contributed by atoms with Crippen LogP contribution in [0.2, 0.25) is 5.15 Å². The molecule has 0 saturated carbocycles. The summed E-state index contributed by atoms with van der Waals surface area (Å²) in [6.45, 7) is 0.649. The van der Waals surface area contributed by atoms with Gasteiger partial charge in [-0.3, -0.25) is 0 Å². The van der Waals surface area contributed by atoms with Gasteiger partial charge in [0.25, 0.3) is 0 Å². The van der Waals surface area contributed by atoms with Gasteiger partial charge in [-0.25, -0.2) is 13.4 Å². The van der Waals surface area contributed by atoms with E-state index in [1.807, 2.05) is 0 Å². The van der Waals surface area contributed by atoms with Crippen molar-refractivity contribution in [1.82, 2.24) is 9.29 Å². The lowest BCUT2D eigenvalue weighted by atomic mass is 10.2. The molecular weight excluding hydrogens is 300 g/mol. The Labute approximate surface area is 123 Å².